The molecule has 1 fully saturated rings. The number of nitrogens with zero attached hydrogens (tertiary/aromatic N) is 2. The molecule has 1 rings (SSSR count). The Morgan fingerprint density at radius 3 is 2.32 bits per heavy atom. The number of rotatable bonds is 5. The Morgan fingerprint density at radius 1 is 1.32 bits per heavy atom. The van der Waals surface area contributed by atoms with Gasteiger partial charge in [0.05, 0.1) is 6.42 Å². The van der Waals surface area contributed by atoms with Crippen LogP contribution in [0.5, 0.6) is 0 Å². The summed E-state index contributed by atoms with van der Waals surface area (Å²) in [5, 5.41) is 8.84. The molecule has 1 aliphatic rings. The molecule has 1 N–H and O–H groups in total. The normalized spacial score (nSPS) is 18.2. The van der Waals surface area contributed by atoms with Crippen LogP contribution in [0, 0.1) is 5.92 Å². The number of carbonyl (C=O) groups excluding carboxylic acids is 1. The summed E-state index contributed by atoms with van der Waals surface area (Å²) in [6.07, 6.45) is 3.31. The van der Waals surface area contributed by atoms with Crippen molar-refractivity contribution in [2.75, 3.05) is 19.6 Å². The zero-order valence-electron chi connectivity index (χ0n) is 12.3. The lowest BCUT2D eigenvalue weighted by Crippen LogP contribution is -2.50. The molecule has 5 heteroatoms. The summed E-state index contributed by atoms with van der Waals surface area (Å²) in [5.74, 6) is -0.126. The van der Waals surface area contributed by atoms with Crippen molar-refractivity contribution < 1.29 is 14.7 Å². The molecular formula is C14H26N2O3. The highest BCUT2D eigenvalue weighted by molar-refractivity contribution is 5.76. The van der Waals surface area contributed by atoms with Gasteiger partial charge < -0.3 is 14.9 Å². The van der Waals surface area contributed by atoms with Crippen LogP contribution in [0.2, 0.25) is 0 Å². The summed E-state index contributed by atoms with van der Waals surface area (Å²) in [4.78, 5) is 26.7. The third-order valence-corrected chi connectivity index (χ3v) is 4.05. The SMILES string of the molecule is CCC1CCN(C(=O)N(CC)C(C)CC(=O)O)CC1. The predicted octanol–water partition coefficient (Wildman–Crippen LogP) is 2.41. The second kappa shape index (κ2) is 7.36. The highest BCUT2D eigenvalue weighted by atomic mass is 16.4. The second-order valence-corrected chi connectivity index (χ2v) is 5.35. The molecule has 1 heterocycles. The van der Waals surface area contributed by atoms with Gasteiger partial charge in [-0.2, -0.15) is 0 Å². The highest BCUT2D eigenvalue weighted by Gasteiger charge is 2.28. The molecule has 5 nitrogen and oxygen atoms in total. The molecule has 0 aliphatic carbocycles. The van der Waals surface area contributed by atoms with Gasteiger partial charge in [-0.3, -0.25) is 4.79 Å². The number of aliphatic carboxylic acids is 1. The summed E-state index contributed by atoms with van der Waals surface area (Å²) in [5.41, 5.74) is 0. The zero-order valence-corrected chi connectivity index (χ0v) is 12.3. The van der Waals surface area contributed by atoms with Gasteiger partial charge in [0, 0.05) is 25.7 Å². The first-order valence-corrected chi connectivity index (χ1v) is 7.26. The molecule has 0 bridgehead atoms. The maximum Gasteiger partial charge on any atom is 0.320 e. The highest BCUT2D eigenvalue weighted by Crippen LogP contribution is 2.21. The average molecular weight is 270 g/mol. The number of hydrogen-bond acceptors (Lipinski definition) is 2. The third kappa shape index (κ3) is 4.40. The summed E-state index contributed by atoms with van der Waals surface area (Å²) < 4.78 is 0. The topological polar surface area (TPSA) is 60.9 Å². The largest absolute Gasteiger partial charge is 0.481 e. The quantitative estimate of drug-likeness (QED) is 0.834. The Bertz CT molecular complexity index is 312. The van der Waals surface area contributed by atoms with E-state index in [9.17, 15) is 9.59 Å². The van der Waals surface area contributed by atoms with Gasteiger partial charge in [-0.25, -0.2) is 4.79 Å². The Morgan fingerprint density at radius 2 is 1.89 bits per heavy atom. The lowest BCUT2D eigenvalue weighted by Gasteiger charge is -2.37. The van der Waals surface area contributed by atoms with E-state index in [0.29, 0.717) is 6.54 Å². The average Bonchev–Trinajstić information content (AvgIpc) is 2.38. The Balaban J connectivity index is 2.56. The summed E-state index contributed by atoms with van der Waals surface area (Å²) in [6, 6.07) is -0.260. The molecule has 0 spiro atoms. The number of piperidine rings is 1. The van der Waals surface area contributed by atoms with Crippen molar-refractivity contribution in [2.24, 2.45) is 5.92 Å². The van der Waals surface area contributed by atoms with Crippen LogP contribution in [0.1, 0.15) is 46.5 Å². The van der Waals surface area contributed by atoms with Crippen LogP contribution in [0.15, 0.2) is 0 Å². The lowest BCUT2D eigenvalue weighted by atomic mass is 9.94. The van der Waals surface area contributed by atoms with Crippen LogP contribution >= 0.6 is 0 Å². The molecule has 0 aromatic carbocycles. The summed E-state index contributed by atoms with van der Waals surface area (Å²) in [6.45, 7) is 8.04. The van der Waals surface area contributed by atoms with E-state index in [4.69, 9.17) is 5.11 Å². The molecule has 0 radical (unpaired) electrons. The van der Waals surface area contributed by atoms with Crippen molar-refractivity contribution in [1.29, 1.82) is 0 Å². The van der Waals surface area contributed by atoms with Crippen molar-refractivity contribution in [3.63, 3.8) is 0 Å². The molecule has 0 aromatic heterocycles. The van der Waals surface area contributed by atoms with Crippen molar-refractivity contribution >= 4 is 12.0 Å². The third-order valence-electron chi connectivity index (χ3n) is 4.05. The summed E-state index contributed by atoms with van der Waals surface area (Å²) in [7, 11) is 0. The van der Waals surface area contributed by atoms with Crippen LogP contribution in [-0.2, 0) is 4.79 Å². The van der Waals surface area contributed by atoms with Gasteiger partial charge in [0.2, 0.25) is 0 Å². The molecule has 1 aliphatic heterocycles. The van der Waals surface area contributed by atoms with E-state index in [1.54, 1.807) is 11.8 Å². The number of carboxylic acid groups (broad SMARTS) is 1. The van der Waals surface area contributed by atoms with Crippen LogP contribution < -0.4 is 0 Å². The predicted molar refractivity (Wildman–Crippen MR) is 74.1 cm³/mol. The monoisotopic (exact) mass is 270 g/mol. The van der Waals surface area contributed by atoms with E-state index in [-0.39, 0.29) is 18.5 Å². The second-order valence-electron chi connectivity index (χ2n) is 5.35. The molecule has 0 aromatic rings. The Labute approximate surface area is 115 Å². The number of carbonyl (C=O) groups is 2. The molecule has 1 saturated heterocycles. The Kier molecular flexibility index (Phi) is 6.12. The van der Waals surface area contributed by atoms with Gasteiger partial charge in [-0.05, 0) is 32.6 Å². The van der Waals surface area contributed by atoms with Gasteiger partial charge in [0.1, 0.15) is 0 Å². The minimum absolute atomic E-state index is 0.00497. The van der Waals surface area contributed by atoms with Crippen LogP contribution in [0.25, 0.3) is 0 Å². The fourth-order valence-electron chi connectivity index (χ4n) is 2.71. The van der Waals surface area contributed by atoms with E-state index in [1.165, 1.54) is 6.42 Å². The maximum absolute atomic E-state index is 12.4. The molecular weight excluding hydrogens is 244 g/mol. The van der Waals surface area contributed by atoms with Crippen molar-refractivity contribution in [3.8, 4) is 0 Å². The molecule has 110 valence electrons. The van der Waals surface area contributed by atoms with E-state index < -0.39 is 5.97 Å². The molecule has 1 atom stereocenters. The molecule has 2 amide bonds. The van der Waals surface area contributed by atoms with Gasteiger partial charge in [-0.15, -0.1) is 0 Å². The first kappa shape index (κ1) is 15.8. The van der Waals surface area contributed by atoms with Crippen molar-refractivity contribution in [3.05, 3.63) is 0 Å². The van der Waals surface area contributed by atoms with Crippen LogP contribution in [0.3, 0.4) is 0 Å². The minimum Gasteiger partial charge on any atom is -0.481 e. The summed E-state index contributed by atoms with van der Waals surface area (Å²) >= 11 is 0. The van der Waals surface area contributed by atoms with Crippen LogP contribution in [-0.4, -0.2) is 52.6 Å². The number of urea groups is 1. The van der Waals surface area contributed by atoms with Crippen molar-refractivity contribution in [1.82, 2.24) is 9.80 Å². The van der Waals surface area contributed by atoms with Crippen LogP contribution in [0.4, 0.5) is 4.79 Å². The van der Waals surface area contributed by atoms with E-state index in [2.05, 4.69) is 6.92 Å². The smallest absolute Gasteiger partial charge is 0.320 e. The Hall–Kier alpha value is -1.26. The standard InChI is InChI=1S/C14H26N2O3/c1-4-12-6-8-15(9-7-12)14(19)16(5-2)11(3)10-13(17)18/h11-12H,4-10H2,1-3H3,(H,17,18). The first-order valence-electron chi connectivity index (χ1n) is 7.26. The molecule has 1 unspecified atom stereocenters. The molecule has 19 heavy (non-hydrogen) atoms. The number of carboxylic acids is 1. The first-order chi connectivity index (χ1) is 8.99. The van der Waals surface area contributed by atoms with E-state index in [0.717, 1.165) is 31.8 Å². The number of hydrogen-bond donors (Lipinski definition) is 1. The van der Waals surface area contributed by atoms with Crippen molar-refractivity contribution in [2.45, 2.75) is 52.5 Å². The van der Waals surface area contributed by atoms with Gasteiger partial charge in [-0.1, -0.05) is 13.3 Å². The minimum atomic E-state index is -0.858. The van der Waals surface area contributed by atoms with E-state index >= 15 is 0 Å². The van der Waals surface area contributed by atoms with E-state index in [1.807, 2.05) is 11.8 Å². The number of likely N-dealkylation sites (tertiary alicyclic amines) is 1. The maximum atomic E-state index is 12.4. The fourth-order valence-corrected chi connectivity index (χ4v) is 2.71. The lowest BCUT2D eigenvalue weighted by molar-refractivity contribution is -0.138. The van der Waals surface area contributed by atoms with Gasteiger partial charge in [0.25, 0.3) is 0 Å². The molecule has 0 saturated carbocycles. The van der Waals surface area contributed by atoms with Gasteiger partial charge >= 0.3 is 12.0 Å². The van der Waals surface area contributed by atoms with Gasteiger partial charge in [0.15, 0.2) is 0 Å². The fraction of sp³-hybridized carbons (Fsp3) is 0.857. The number of amides is 2. The zero-order chi connectivity index (χ0) is 14.4.